The predicted octanol–water partition coefficient (Wildman–Crippen LogP) is 1.93. The first kappa shape index (κ1) is 15.6. The number of hydrogen-bond donors (Lipinski definition) is 0. The van der Waals surface area contributed by atoms with E-state index >= 15 is 0 Å². The van der Waals surface area contributed by atoms with Crippen molar-refractivity contribution in [1.29, 1.82) is 0 Å². The summed E-state index contributed by atoms with van der Waals surface area (Å²) < 4.78 is 25.7. The van der Waals surface area contributed by atoms with Gasteiger partial charge in [-0.15, -0.1) is 0 Å². The molecule has 5 nitrogen and oxygen atoms in total. The van der Waals surface area contributed by atoms with Gasteiger partial charge in [0.25, 0.3) is 0 Å². The van der Waals surface area contributed by atoms with Crippen LogP contribution >= 0.6 is 0 Å². The lowest BCUT2D eigenvalue weighted by Gasteiger charge is -2.28. The fourth-order valence-electron chi connectivity index (χ4n) is 2.52. The Bertz CT molecular complexity index is 655. The number of carbonyl (C=O) groups excluding carboxylic acids is 1. The summed E-state index contributed by atoms with van der Waals surface area (Å²) in [5, 5.41) is 0. The number of rotatable bonds is 4. The number of hydrogen-bond acceptors (Lipinski definition) is 3. The molecule has 0 aromatic heterocycles. The van der Waals surface area contributed by atoms with Crippen LogP contribution in [0.25, 0.3) is 0 Å². The maximum Gasteiger partial charge on any atom is 0.246 e. The van der Waals surface area contributed by atoms with Gasteiger partial charge in [-0.2, -0.15) is 0 Å². The van der Waals surface area contributed by atoms with E-state index < -0.39 is 10.0 Å². The Balaban J connectivity index is 2.42. The number of amides is 1. The Kier molecular flexibility index (Phi) is 4.37. The Hall–Kier alpha value is -1.82. The number of benzene rings is 1. The molecule has 1 atom stereocenters. The highest BCUT2D eigenvalue weighted by atomic mass is 32.2. The van der Waals surface area contributed by atoms with E-state index in [1.165, 1.54) is 10.4 Å². The van der Waals surface area contributed by atoms with Crippen molar-refractivity contribution < 1.29 is 13.2 Å². The average Bonchev–Trinajstić information content (AvgIpc) is 2.84. The zero-order valence-corrected chi connectivity index (χ0v) is 13.1. The minimum Gasteiger partial charge on any atom is -0.335 e. The Morgan fingerprint density at radius 3 is 2.67 bits per heavy atom. The summed E-state index contributed by atoms with van der Waals surface area (Å²) in [6.07, 6.45) is 1.89. The molecular weight excluding hydrogens is 288 g/mol. The topological polar surface area (TPSA) is 57.7 Å². The van der Waals surface area contributed by atoms with Crippen molar-refractivity contribution in [3.05, 3.63) is 42.5 Å². The molecule has 1 heterocycles. The lowest BCUT2D eigenvalue weighted by atomic mass is 10.0. The number of carbonyl (C=O) groups is 1. The van der Waals surface area contributed by atoms with Crippen LogP contribution in [-0.2, 0) is 14.8 Å². The van der Waals surface area contributed by atoms with E-state index in [0.29, 0.717) is 18.7 Å². The maximum absolute atomic E-state index is 12.1. The molecule has 1 aliphatic rings. The highest BCUT2D eigenvalue weighted by molar-refractivity contribution is 7.93. The van der Waals surface area contributed by atoms with Crippen LogP contribution in [0.15, 0.2) is 36.9 Å². The molecular formula is C15H20N2O3S. The standard InChI is InChI=1S/C15H20N2O3S/c1-4-15(18)16(3)12(2)13-8-5-6-9-14(13)17-10-7-11-21(17,19)20/h4-6,8-9,12H,1,7,10-11H2,2-3H3. The molecule has 1 aromatic rings. The largest absolute Gasteiger partial charge is 0.335 e. The number of anilines is 1. The first-order valence-electron chi connectivity index (χ1n) is 6.87. The molecule has 2 rings (SSSR count). The monoisotopic (exact) mass is 308 g/mol. The second kappa shape index (κ2) is 5.89. The van der Waals surface area contributed by atoms with E-state index in [-0.39, 0.29) is 17.7 Å². The molecule has 0 N–H and O–H groups in total. The van der Waals surface area contributed by atoms with Crippen molar-refractivity contribution >= 4 is 21.6 Å². The van der Waals surface area contributed by atoms with Gasteiger partial charge in [-0.3, -0.25) is 9.10 Å². The predicted molar refractivity (Wildman–Crippen MR) is 83.6 cm³/mol. The first-order valence-corrected chi connectivity index (χ1v) is 8.48. The Labute approximate surface area is 125 Å². The van der Waals surface area contributed by atoms with Gasteiger partial charge in [-0.05, 0) is 31.1 Å². The second-order valence-corrected chi connectivity index (χ2v) is 7.14. The van der Waals surface area contributed by atoms with Crippen molar-refractivity contribution in [2.24, 2.45) is 0 Å². The summed E-state index contributed by atoms with van der Waals surface area (Å²) in [5.41, 5.74) is 1.48. The lowest BCUT2D eigenvalue weighted by Crippen LogP contribution is -2.31. The van der Waals surface area contributed by atoms with Gasteiger partial charge in [0.15, 0.2) is 0 Å². The number of likely N-dealkylation sites (N-methyl/N-ethyl adjacent to an activating group) is 1. The van der Waals surface area contributed by atoms with Crippen LogP contribution in [-0.4, -0.2) is 38.6 Å². The first-order chi connectivity index (χ1) is 9.88. The Morgan fingerprint density at radius 2 is 2.10 bits per heavy atom. The molecule has 6 heteroatoms. The van der Waals surface area contributed by atoms with E-state index in [2.05, 4.69) is 6.58 Å². The van der Waals surface area contributed by atoms with Crippen LogP contribution in [0.5, 0.6) is 0 Å². The smallest absolute Gasteiger partial charge is 0.246 e. The lowest BCUT2D eigenvalue weighted by molar-refractivity contribution is -0.126. The zero-order valence-electron chi connectivity index (χ0n) is 12.3. The van der Waals surface area contributed by atoms with E-state index in [0.717, 1.165) is 5.56 Å². The molecule has 1 aliphatic heterocycles. The molecule has 114 valence electrons. The van der Waals surface area contributed by atoms with Gasteiger partial charge >= 0.3 is 0 Å². The third kappa shape index (κ3) is 2.95. The van der Waals surface area contributed by atoms with Gasteiger partial charge in [-0.1, -0.05) is 24.8 Å². The van der Waals surface area contributed by atoms with Crippen LogP contribution in [0.4, 0.5) is 5.69 Å². The number of nitrogens with zero attached hydrogens (tertiary/aromatic N) is 2. The molecule has 0 saturated carbocycles. The zero-order chi connectivity index (χ0) is 15.6. The third-order valence-electron chi connectivity index (χ3n) is 3.86. The van der Waals surface area contributed by atoms with E-state index in [1.807, 2.05) is 25.1 Å². The summed E-state index contributed by atoms with van der Waals surface area (Å²) in [5.74, 6) is -0.0153. The SMILES string of the molecule is C=CC(=O)N(C)C(C)c1ccccc1N1CCCS1(=O)=O. The second-order valence-electron chi connectivity index (χ2n) is 5.13. The van der Waals surface area contributed by atoms with E-state index in [9.17, 15) is 13.2 Å². The van der Waals surface area contributed by atoms with Crippen molar-refractivity contribution in [3.63, 3.8) is 0 Å². The van der Waals surface area contributed by atoms with Gasteiger partial charge in [0, 0.05) is 13.6 Å². The maximum atomic E-state index is 12.1. The summed E-state index contributed by atoms with van der Waals surface area (Å²) in [6.45, 7) is 5.85. The summed E-state index contributed by atoms with van der Waals surface area (Å²) in [6, 6.07) is 7.09. The molecule has 1 aromatic carbocycles. The molecule has 1 fully saturated rings. The van der Waals surface area contributed by atoms with Crippen molar-refractivity contribution in [2.45, 2.75) is 19.4 Å². The summed E-state index contributed by atoms with van der Waals surface area (Å²) >= 11 is 0. The average molecular weight is 308 g/mol. The van der Waals surface area contributed by atoms with Gasteiger partial charge in [-0.25, -0.2) is 8.42 Å². The molecule has 0 spiro atoms. The van der Waals surface area contributed by atoms with Crippen LogP contribution < -0.4 is 4.31 Å². The molecule has 0 radical (unpaired) electrons. The highest BCUT2D eigenvalue weighted by Gasteiger charge is 2.31. The molecule has 1 unspecified atom stereocenters. The Morgan fingerprint density at radius 1 is 1.43 bits per heavy atom. The molecule has 0 bridgehead atoms. The van der Waals surface area contributed by atoms with Crippen LogP contribution in [0, 0.1) is 0 Å². The fraction of sp³-hybridized carbons (Fsp3) is 0.400. The molecule has 1 amide bonds. The van der Waals surface area contributed by atoms with Crippen molar-refractivity contribution in [2.75, 3.05) is 23.7 Å². The highest BCUT2D eigenvalue weighted by Crippen LogP contribution is 2.33. The van der Waals surface area contributed by atoms with E-state index in [4.69, 9.17) is 0 Å². The summed E-state index contributed by atoms with van der Waals surface area (Å²) in [7, 11) is -1.55. The minimum absolute atomic E-state index is 0.178. The third-order valence-corrected chi connectivity index (χ3v) is 5.71. The van der Waals surface area contributed by atoms with Gasteiger partial charge in [0.1, 0.15) is 0 Å². The molecule has 0 aliphatic carbocycles. The van der Waals surface area contributed by atoms with Gasteiger partial charge in [0.2, 0.25) is 15.9 Å². The van der Waals surface area contributed by atoms with Crippen LogP contribution in [0.3, 0.4) is 0 Å². The van der Waals surface area contributed by atoms with Crippen molar-refractivity contribution in [1.82, 2.24) is 4.90 Å². The fourth-order valence-corrected chi connectivity index (χ4v) is 4.11. The van der Waals surface area contributed by atoms with Crippen molar-refractivity contribution in [3.8, 4) is 0 Å². The van der Waals surface area contributed by atoms with E-state index in [1.54, 1.807) is 18.0 Å². The van der Waals surface area contributed by atoms with Gasteiger partial charge in [0.05, 0.1) is 17.5 Å². The quantitative estimate of drug-likeness (QED) is 0.799. The summed E-state index contributed by atoms with van der Waals surface area (Å²) in [4.78, 5) is 13.3. The van der Waals surface area contributed by atoms with Gasteiger partial charge < -0.3 is 4.90 Å². The van der Waals surface area contributed by atoms with Crippen LogP contribution in [0.2, 0.25) is 0 Å². The number of sulfonamides is 1. The minimum atomic E-state index is -3.24. The van der Waals surface area contributed by atoms with Crippen LogP contribution in [0.1, 0.15) is 24.9 Å². The normalized spacial score (nSPS) is 18.3. The number of para-hydroxylation sites is 1. The molecule has 21 heavy (non-hydrogen) atoms. The molecule has 1 saturated heterocycles.